The minimum absolute atomic E-state index is 0.0283. The van der Waals surface area contributed by atoms with Gasteiger partial charge in [-0.05, 0) is 24.8 Å². The number of aromatic nitrogens is 3. The number of para-hydroxylation sites is 1. The maximum atomic E-state index is 12.2. The average Bonchev–Trinajstić information content (AvgIpc) is 3.28. The molecule has 7 heteroatoms. The number of thioether (sulfide) groups is 1. The number of carbonyl (C=O) groups is 1. The quantitative estimate of drug-likeness (QED) is 0.663. The molecule has 0 bridgehead atoms. The van der Waals surface area contributed by atoms with Crippen LogP contribution in [-0.4, -0.2) is 32.9 Å². The van der Waals surface area contributed by atoms with Gasteiger partial charge < -0.3 is 14.7 Å². The average molecular weight is 370 g/mol. The Hall–Kier alpha value is -2.28. The summed E-state index contributed by atoms with van der Waals surface area (Å²) in [4.78, 5) is 15.4. The fourth-order valence-corrected chi connectivity index (χ4v) is 4.11. The molecule has 1 amide bonds. The van der Waals surface area contributed by atoms with E-state index in [1.165, 1.54) is 31.0 Å². The van der Waals surface area contributed by atoms with Crippen molar-refractivity contribution in [2.75, 3.05) is 5.75 Å². The van der Waals surface area contributed by atoms with Crippen molar-refractivity contribution < 1.29 is 9.21 Å². The third kappa shape index (κ3) is 3.62. The molecule has 1 saturated carbocycles. The third-order valence-electron chi connectivity index (χ3n) is 5.01. The smallest absolute Gasteiger partial charge is 0.277 e. The first kappa shape index (κ1) is 17.1. The van der Waals surface area contributed by atoms with Crippen molar-refractivity contribution in [3.8, 4) is 11.5 Å². The molecule has 26 heavy (non-hydrogen) atoms. The minimum atomic E-state index is 0.0283. The Balaban J connectivity index is 1.37. The highest BCUT2D eigenvalue weighted by Crippen LogP contribution is 2.29. The predicted octanol–water partition coefficient (Wildman–Crippen LogP) is 4.00. The molecule has 4 rings (SSSR count). The van der Waals surface area contributed by atoms with Gasteiger partial charge in [-0.2, -0.15) is 0 Å². The van der Waals surface area contributed by atoms with Crippen LogP contribution in [0.2, 0.25) is 0 Å². The van der Waals surface area contributed by atoms with Gasteiger partial charge in [0.2, 0.25) is 5.91 Å². The molecule has 0 radical (unpaired) electrons. The van der Waals surface area contributed by atoms with Crippen molar-refractivity contribution in [3.05, 3.63) is 30.5 Å². The zero-order valence-electron chi connectivity index (χ0n) is 14.7. The number of carbonyl (C=O) groups excluding carboxylic acids is 1. The highest BCUT2D eigenvalue weighted by molar-refractivity contribution is 7.99. The second-order valence-corrected chi connectivity index (χ2v) is 7.77. The highest BCUT2D eigenvalue weighted by atomic mass is 32.2. The second-order valence-electron chi connectivity index (χ2n) is 6.85. The van der Waals surface area contributed by atoms with E-state index in [2.05, 4.69) is 27.4 Å². The van der Waals surface area contributed by atoms with Crippen molar-refractivity contribution in [3.63, 3.8) is 0 Å². The predicted molar refractivity (Wildman–Crippen MR) is 102 cm³/mol. The molecule has 2 aromatic heterocycles. The Morgan fingerprint density at radius 1 is 1.31 bits per heavy atom. The van der Waals surface area contributed by atoms with E-state index in [1.54, 1.807) is 0 Å². The van der Waals surface area contributed by atoms with Crippen LogP contribution < -0.4 is 5.32 Å². The summed E-state index contributed by atoms with van der Waals surface area (Å²) in [6, 6.07) is 8.26. The number of aromatic amines is 1. The molecule has 6 nitrogen and oxygen atoms in total. The van der Waals surface area contributed by atoms with Crippen molar-refractivity contribution in [1.29, 1.82) is 0 Å². The number of H-pyrrole nitrogens is 1. The van der Waals surface area contributed by atoms with Crippen LogP contribution in [0.25, 0.3) is 22.4 Å². The van der Waals surface area contributed by atoms with E-state index in [4.69, 9.17) is 4.42 Å². The van der Waals surface area contributed by atoms with Crippen LogP contribution in [0, 0.1) is 5.92 Å². The molecule has 2 N–H and O–H groups in total. The SMILES string of the molecule is CC1CCCCC1NC(=O)CSc1nnc(-c2c[nH]c3ccccc23)o1. The molecule has 3 aromatic rings. The lowest BCUT2D eigenvalue weighted by Gasteiger charge is -2.29. The molecule has 2 heterocycles. The molecular formula is C19H22N4O2S. The lowest BCUT2D eigenvalue weighted by Crippen LogP contribution is -2.41. The van der Waals surface area contributed by atoms with E-state index in [0.717, 1.165) is 22.9 Å². The number of benzene rings is 1. The molecule has 136 valence electrons. The van der Waals surface area contributed by atoms with E-state index in [-0.39, 0.29) is 5.91 Å². The Morgan fingerprint density at radius 3 is 3.04 bits per heavy atom. The summed E-state index contributed by atoms with van der Waals surface area (Å²) >= 11 is 1.28. The van der Waals surface area contributed by atoms with Gasteiger partial charge in [0.1, 0.15) is 0 Å². The van der Waals surface area contributed by atoms with E-state index in [1.807, 2.05) is 30.5 Å². The van der Waals surface area contributed by atoms with Crippen LogP contribution in [0.4, 0.5) is 0 Å². The maximum Gasteiger partial charge on any atom is 0.277 e. The van der Waals surface area contributed by atoms with Gasteiger partial charge in [0.25, 0.3) is 11.1 Å². The monoisotopic (exact) mass is 370 g/mol. The number of hydrogen-bond donors (Lipinski definition) is 2. The second kappa shape index (κ2) is 7.53. The molecule has 0 spiro atoms. The lowest BCUT2D eigenvalue weighted by molar-refractivity contribution is -0.119. The molecule has 2 atom stereocenters. The lowest BCUT2D eigenvalue weighted by atomic mass is 9.86. The molecule has 1 fully saturated rings. The zero-order chi connectivity index (χ0) is 17.9. The van der Waals surface area contributed by atoms with Gasteiger partial charge in [0, 0.05) is 23.1 Å². The first-order valence-electron chi connectivity index (χ1n) is 9.03. The Morgan fingerprint density at radius 2 is 2.15 bits per heavy atom. The summed E-state index contributed by atoms with van der Waals surface area (Å²) in [6.07, 6.45) is 6.59. The molecule has 1 aliphatic rings. The number of hydrogen-bond acceptors (Lipinski definition) is 5. The fraction of sp³-hybridized carbons (Fsp3) is 0.421. The summed E-state index contributed by atoms with van der Waals surface area (Å²) in [5.74, 6) is 1.33. The third-order valence-corrected chi connectivity index (χ3v) is 5.83. The first-order chi connectivity index (χ1) is 12.7. The van der Waals surface area contributed by atoms with Crippen LogP contribution in [0.5, 0.6) is 0 Å². The molecular weight excluding hydrogens is 348 g/mol. The van der Waals surface area contributed by atoms with Gasteiger partial charge in [0.15, 0.2) is 0 Å². The Bertz CT molecular complexity index is 904. The standard InChI is InChI=1S/C19H22N4O2S/c1-12-6-2-4-8-15(12)21-17(24)11-26-19-23-22-18(25-19)14-10-20-16-9-5-3-7-13(14)16/h3,5,7,9-10,12,15,20H,2,4,6,8,11H2,1H3,(H,21,24). The van der Waals surface area contributed by atoms with Gasteiger partial charge in [0.05, 0.1) is 11.3 Å². The summed E-state index contributed by atoms with van der Waals surface area (Å²) in [6.45, 7) is 2.21. The summed E-state index contributed by atoms with van der Waals surface area (Å²) in [5.41, 5.74) is 1.90. The number of nitrogens with zero attached hydrogens (tertiary/aromatic N) is 2. The minimum Gasteiger partial charge on any atom is -0.411 e. The van der Waals surface area contributed by atoms with Crippen LogP contribution in [-0.2, 0) is 4.79 Å². The van der Waals surface area contributed by atoms with Gasteiger partial charge in [-0.1, -0.05) is 49.7 Å². The topological polar surface area (TPSA) is 83.8 Å². The van der Waals surface area contributed by atoms with Crippen LogP contribution in [0.1, 0.15) is 32.6 Å². The number of rotatable bonds is 5. The van der Waals surface area contributed by atoms with Crippen molar-refractivity contribution in [2.24, 2.45) is 5.92 Å². The Kier molecular flexibility index (Phi) is 4.97. The zero-order valence-corrected chi connectivity index (χ0v) is 15.5. The van der Waals surface area contributed by atoms with Crippen LogP contribution in [0.3, 0.4) is 0 Å². The normalized spacial score (nSPS) is 20.3. The number of fused-ring (bicyclic) bond motifs is 1. The van der Waals surface area contributed by atoms with Crippen LogP contribution >= 0.6 is 11.8 Å². The van der Waals surface area contributed by atoms with E-state index >= 15 is 0 Å². The van der Waals surface area contributed by atoms with Crippen molar-refractivity contribution in [1.82, 2.24) is 20.5 Å². The van der Waals surface area contributed by atoms with E-state index in [9.17, 15) is 4.79 Å². The van der Waals surface area contributed by atoms with Gasteiger partial charge in [-0.15, -0.1) is 10.2 Å². The fourth-order valence-electron chi connectivity index (χ4n) is 3.53. The van der Waals surface area contributed by atoms with E-state index in [0.29, 0.717) is 28.8 Å². The molecule has 1 aliphatic carbocycles. The highest BCUT2D eigenvalue weighted by Gasteiger charge is 2.23. The van der Waals surface area contributed by atoms with Gasteiger partial charge >= 0.3 is 0 Å². The molecule has 1 aromatic carbocycles. The summed E-state index contributed by atoms with van der Waals surface area (Å²) in [5, 5.41) is 12.8. The van der Waals surface area contributed by atoms with Gasteiger partial charge in [-0.3, -0.25) is 4.79 Å². The molecule has 0 aliphatic heterocycles. The Labute approximate surface area is 156 Å². The first-order valence-corrected chi connectivity index (χ1v) is 10.0. The van der Waals surface area contributed by atoms with E-state index < -0.39 is 0 Å². The van der Waals surface area contributed by atoms with Crippen LogP contribution in [0.15, 0.2) is 40.1 Å². The maximum absolute atomic E-state index is 12.2. The largest absolute Gasteiger partial charge is 0.411 e. The van der Waals surface area contributed by atoms with Crippen molar-refractivity contribution in [2.45, 2.75) is 43.9 Å². The number of amides is 1. The molecule has 2 unspecified atom stereocenters. The number of nitrogens with one attached hydrogen (secondary N) is 2. The van der Waals surface area contributed by atoms with Gasteiger partial charge in [-0.25, -0.2) is 0 Å². The van der Waals surface area contributed by atoms with Crippen molar-refractivity contribution >= 4 is 28.6 Å². The molecule has 0 saturated heterocycles. The summed E-state index contributed by atoms with van der Waals surface area (Å²) < 4.78 is 5.74. The summed E-state index contributed by atoms with van der Waals surface area (Å²) in [7, 11) is 0.